The molecule has 0 unspecified atom stereocenters. The SMILES string of the molecule is CCCn1ccc(NCc2ccn(C)n2)n1.Cl. The van der Waals surface area contributed by atoms with E-state index in [9.17, 15) is 0 Å². The Balaban J connectivity index is 0.00000144. The molecule has 5 nitrogen and oxygen atoms in total. The highest BCUT2D eigenvalue weighted by atomic mass is 35.5. The van der Waals surface area contributed by atoms with Crippen molar-refractivity contribution in [2.24, 2.45) is 7.05 Å². The second kappa shape index (κ2) is 6.30. The molecule has 2 aromatic rings. The molecular weight excluding hydrogens is 238 g/mol. The van der Waals surface area contributed by atoms with E-state index in [4.69, 9.17) is 0 Å². The van der Waals surface area contributed by atoms with Crippen LogP contribution in [0.2, 0.25) is 0 Å². The highest BCUT2D eigenvalue weighted by Crippen LogP contribution is 2.05. The third kappa shape index (κ3) is 3.78. The molecule has 0 bridgehead atoms. The first-order valence-corrected chi connectivity index (χ1v) is 5.54. The molecule has 0 aliphatic heterocycles. The number of aryl methyl sites for hydroxylation is 2. The van der Waals surface area contributed by atoms with Gasteiger partial charge in [-0.2, -0.15) is 10.2 Å². The monoisotopic (exact) mass is 255 g/mol. The fourth-order valence-electron chi connectivity index (χ4n) is 1.55. The zero-order chi connectivity index (χ0) is 11.4. The molecule has 0 aliphatic carbocycles. The fraction of sp³-hybridized carbons (Fsp3) is 0.455. The Morgan fingerprint density at radius 2 is 2.06 bits per heavy atom. The van der Waals surface area contributed by atoms with E-state index in [1.807, 2.05) is 36.3 Å². The van der Waals surface area contributed by atoms with E-state index in [-0.39, 0.29) is 12.4 Å². The van der Waals surface area contributed by atoms with Gasteiger partial charge in [0.05, 0.1) is 12.2 Å². The molecule has 94 valence electrons. The summed E-state index contributed by atoms with van der Waals surface area (Å²) in [7, 11) is 1.92. The maximum absolute atomic E-state index is 4.39. The van der Waals surface area contributed by atoms with Gasteiger partial charge in [0, 0.05) is 32.1 Å². The lowest BCUT2D eigenvalue weighted by Crippen LogP contribution is -2.03. The molecule has 0 amide bonds. The maximum Gasteiger partial charge on any atom is 0.148 e. The number of hydrogen-bond donors (Lipinski definition) is 1. The van der Waals surface area contributed by atoms with Crippen LogP contribution in [0.3, 0.4) is 0 Å². The van der Waals surface area contributed by atoms with Crippen LogP contribution in [0, 0.1) is 0 Å². The van der Waals surface area contributed by atoms with E-state index in [2.05, 4.69) is 22.4 Å². The van der Waals surface area contributed by atoms with E-state index in [0.717, 1.165) is 24.5 Å². The Bertz CT molecular complexity index is 448. The van der Waals surface area contributed by atoms with Crippen LogP contribution in [0.15, 0.2) is 24.5 Å². The molecule has 0 aliphatic rings. The van der Waals surface area contributed by atoms with Crippen LogP contribution in [-0.4, -0.2) is 19.6 Å². The van der Waals surface area contributed by atoms with Crippen molar-refractivity contribution in [3.63, 3.8) is 0 Å². The van der Waals surface area contributed by atoms with Crippen LogP contribution in [0.1, 0.15) is 19.0 Å². The van der Waals surface area contributed by atoms with Crippen LogP contribution >= 0.6 is 12.4 Å². The lowest BCUT2D eigenvalue weighted by Gasteiger charge is -2.00. The van der Waals surface area contributed by atoms with Crippen molar-refractivity contribution in [3.05, 3.63) is 30.2 Å². The van der Waals surface area contributed by atoms with Gasteiger partial charge in [-0.15, -0.1) is 12.4 Å². The topological polar surface area (TPSA) is 47.7 Å². The van der Waals surface area contributed by atoms with Gasteiger partial charge in [0.25, 0.3) is 0 Å². The molecule has 1 N–H and O–H groups in total. The van der Waals surface area contributed by atoms with Gasteiger partial charge in [-0.25, -0.2) is 0 Å². The number of rotatable bonds is 5. The average molecular weight is 256 g/mol. The Morgan fingerprint density at radius 1 is 1.24 bits per heavy atom. The molecule has 17 heavy (non-hydrogen) atoms. The molecule has 0 aromatic carbocycles. The molecule has 6 heteroatoms. The summed E-state index contributed by atoms with van der Waals surface area (Å²) in [6.07, 6.45) is 5.03. The third-order valence-electron chi connectivity index (χ3n) is 2.31. The summed E-state index contributed by atoms with van der Waals surface area (Å²) in [5, 5.41) is 11.9. The molecule has 2 aromatic heterocycles. The average Bonchev–Trinajstić information content (AvgIpc) is 2.85. The summed E-state index contributed by atoms with van der Waals surface area (Å²) >= 11 is 0. The fourth-order valence-corrected chi connectivity index (χ4v) is 1.55. The smallest absolute Gasteiger partial charge is 0.148 e. The predicted octanol–water partition coefficient (Wildman–Crippen LogP) is 2.06. The Labute approximate surface area is 107 Å². The first-order chi connectivity index (χ1) is 7.78. The van der Waals surface area contributed by atoms with Gasteiger partial charge in [-0.1, -0.05) is 6.92 Å². The second-order valence-electron chi connectivity index (χ2n) is 3.80. The van der Waals surface area contributed by atoms with Crippen LogP contribution in [-0.2, 0) is 20.1 Å². The molecular formula is C11H18ClN5. The van der Waals surface area contributed by atoms with Crippen molar-refractivity contribution >= 4 is 18.2 Å². The summed E-state index contributed by atoms with van der Waals surface area (Å²) in [4.78, 5) is 0. The molecule has 0 radical (unpaired) electrons. The molecule has 0 fully saturated rings. The molecule has 0 spiro atoms. The van der Waals surface area contributed by atoms with E-state index in [1.165, 1.54) is 0 Å². The minimum atomic E-state index is 0. The number of nitrogens with zero attached hydrogens (tertiary/aromatic N) is 4. The van der Waals surface area contributed by atoms with E-state index in [1.54, 1.807) is 4.68 Å². The van der Waals surface area contributed by atoms with E-state index < -0.39 is 0 Å². The van der Waals surface area contributed by atoms with Gasteiger partial charge in [0.2, 0.25) is 0 Å². The van der Waals surface area contributed by atoms with Gasteiger partial charge >= 0.3 is 0 Å². The zero-order valence-corrected chi connectivity index (χ0v) is 10.9. The van der Waals surface area contributed by atoms with Crippen molar-refractivity contribution in [2.75, 3.05) is 5.32 Å². The number of hydrogen-bond acceptors (Lipinski definition) is 3. The van der Waals surface area contributed by atoms with Crippen molar-refractivity contribution in [2.45, 2.75) is 26.4 Å². The minimum Gasteiger partial charge on any atom is -0.363 e. The number of anilines is 1. The van der Waals surface area contributed by atoms with Crippen LogP contribution in [0.4, 0.5) is 5.82 Å². The second-order valence-corrected chi connectivity index (χ2v) is 3.80. The quantitative estimate of drug-likeness (QED) is 0.890. The van der Waals surface area contributed by atoms with E-state index in [0.29, 0.717) is 6.54 Å². The van der Waals surface area contributed by atoms with E-state index >= 15 is 0 Å². The lowest BCUT2D eigenvalue weighted by molar-refractivity contribution is 0.604. The van der Waals surface area contributed by atoms with Crippen LogP contribution in [0.5, 0.6) is 0 Å². The molecule has 0 saturated heterocycles. The summed E-state index contributed by atoms with van der Waals surface area (Å²) in [6.45, 7) is 3.82. The largest absolute Gasteiger partial charge is 0.363 e. The van der Waals surface area contributed by atoms with Gasteiger partial charge in [-0.3, -0.25) is 9.36 Å². The maximum atomic E-state index is 4.39. The van der Waals surface area contributed by atoms with Crippen molar-refractivity contribution in [1.82, 2.24) is 19.6 Å². The van der Waals surface area contributed by atoms with Crippen molar-refractivity contribution < 1.29 is 0 Å². The van der Waals surface area contributed by atoms with Crippen LogP contribution < -0.4 is 5.32 Å². The highest BCUT2D eigenvalue weighted by molar-refractivity contribution is 5.85. The van der Waals surface area contributed by atoms with Gasteiger partial charge in [0.15, 0.2) is 0 Å². The minimum absolute atomic E-state index is 0. The first kappa shape index (κ1) is 13.6. The Morgan fingerprint density at radius 3 is 2.71 bits per heavy atom. The lowest BCUT2D eigenvalue weighted by atomic mass is 10.4. The molecule has 0 atom stereocenters. The summed E-state index contributed by atoms with van der Waals surface area (Å²) < 4.78 is 3.74. The third-order valence-corrected chi connectivity index (χ3v) is 2.31. The zero-order valence-electron chi connectivity index (χ0n) is 10.1. The van der Waals surface area contributed by atoms with Crippen LogP contribution in [0.25, 0.3) is 0 Å². The number of nitrogens with one attached hydrogen (secondary N) is 1. The van der Waals surface area contributed by atoms with Gasteiger partial charge in [0.1, 0.15) is 5.82 Å². The number of aromatic nitrogens is 4. The summed E-state index contributed by atoms with van der Waals surface area (Å²) in [6, 6.07) is 3.98. The summed E-state index contributed by atoms with van der Waals surface area (Å²) in [5.41, 5.74) is 1.02. The normalized spacial score (nSPS) is 10.0. The molecule has 2 heterocycles. The summed E-state index contributed by atoms with van der Waals surface area (Å²) in [5.74, 6) is 0.902. The predicted molar refractivity (Wildman–Crippen MR) is 70.3 cm³/mol. The number of halogens is 1. The van der Waals surface area contributed by atoms with Crippen molar-refractivity contribution in [3.8, 4) is 0 Å². The first-order valence-electron chi connectivity index (χ1n) is 5.54. The van der Waals surface area contributed by atoms with Crippen molar-refractivity contribution in [1.29, 1.82) is 0 Å². The Hall–Kier alpha value is -1.49. The Kier molecular flexibility index (Phi) is 5.03. The van der Waals surface area contributed by atoms with Gasteiger partial charge < -0.3 is 5.32 Å². The molecule has 2 rings (SSSR count). The highest BCUT2D eigenvalue weighted by Gasteiger charge is 1.99. The van der Waals surface area contributed by atoms with Gasteiger partial charge in [-0.05, 0) is 12.5 Å². The molecule has 0 saturated carbocycles. The standard InChI is InChI=1S/C11H17N5.ClH/c1-3-6-16-8-5-11(14-16)12-9-10-4-7-15(2)13-10;/h4-5,7-8H,3,6,9H2,1-2H3,(H,12,14);1H.